The van der Waals surface area contributed by atoms with Crippen LogP contribution in [-0.4, -0.2) is 73.2 Å². The molecule has 3 aliphatic heterocycles. The molecule has 2 fully saturated rings. The van der Waals surface area contributed by atoms with Crippen LogP contribution in [0.2, 0.25) is 0 Å². The van der Waals surface area contributed by atoms with Crippen molar-refractivity contribution in [3.8, 4) is 0 Å². The number of nitrogens with zero attached hydrogens (tertiary/aromatic N) is 4. The van der Waals surface area contributed by atoms with Crippen molar-refractivity contribution in [3.63, 3.8) is 0 Å². The van der Waals surface area contributed by atoms with Gasteiger partial charge in [-0.15, -0.1) is 16.4 Å². The van der Waals surface area contributed by atoms with E-state index in [0.29, 0.717) is 54.5 Å². The predicted molar refractivity (Wildman–Crippen MR) is 192 cm³/mol. The monoisotopic (exact) mass is 756 g/mol. The lowest BCUT2D eigenvalue weighted by Crippen LogP contribution is -2.35. The van der Waals surface area contributed by atoms with E-state index in [2.05, 4.69) is 9.88 Å². The minimum Gasteiger partial charge on any atom is -0.344 e. The third kappa shape index (κ3) is 7.79. The molecule has 0 bridgehead atoms. The predicted octanol–water partition coefficient (Wildman–Crippen LogP) is 5.58. The van der Waals surface area contributed by atoms with Crippen LogP contribution in [0.5, 0.6) is 0 Å². The Morgan fingerprint density at radius 3 is 2.37 bits per heavy atom. The number of carbonyl (C=O) groups is 3. The second-order valence-corrected chi connectivity index (χ2v) is 17.8. The summed E-state index contributed by atoms with van der Waals surface area (Å²) in [4.78, 5) is 47.5. The van der Waals surface area contributed by atoms with Gasteiger partial charge in [-0.3, -0.25) is 14.1 Å². The second-order valence-electron chi connectivity index (χ2n) is 13.3. The Morgan fingerprint density at radius 1 is 0.961 bits per heavy atom. The van der Waals surface area contributed by atoms with Gasteiger partial charge >= 0.3 is 5.97 Å². The summed E-state index contributed by atoms with van der Waals surface area (Å²) >= 11 is 1.38. The van der Waals surface area contributed by atoms with Gasteiger partial charge in [0.05, 0.1) is 20.0 Å². The number of fused-ring (bicyclic) bond motifs is 2. The number of hydrogen-bond acceptors (Lipinski definition) is 11. The zero-order valence-corrected chi connectivity index (χ0v) is 30.9. The van der Waals surface area contributed by atoms with Crippen molar-refractivity contribution in [1.29, 1.82) is 0 Å². The molecular weight excluding hydrogens is 717 g/mol. The molecule has 0 radical (unpaired) electrons. The van der Waals surface area contributed by atoms with Crippen molar-refractivity contribution < 1.29 is 40.6 Å². The molecule has 51 heavy (non-hydrogen) atoms. The molecule has 0 atom stereocenters. The van der Waals surface area contributed by atoms with Gasteiger partial charge in [0.25, 0.3) is 21.9 Å². The largest absolute Gasteiger partial charge is 0.344 e. The number of piperidine rings is 1. The molecule has 16 heteroatoms. The number of thiazole rings is 1. The fourth-order valence-electron chi connectivity index (χ4n) is 6.71. The molecule has 13 nitrogen and oxygen atoms in total. The van der Waals surface area contributed by atoms with Gasteiger partial charge in [-0.25, -0.2) is 18.2 Å². The number of anilines is 1. The quantitative estimate of drug-likeness (QED) is 0.139. The normalized spacial score (nSPS) is 19.2. The summed E-state index contributed by atoms with van der Waals surface area (Å²) in [5.41, 5.74) is 2.44. The Kier molecular flexibility index (Phi) is 10.5. The third-order valence-corrected chi connectivity index (χ3v) is 13.2. The zero-order chi connectivity index (χ0) is 36.6. The topological polar surface area (TPSA) is 172 Å². The summed E-state index contributed by atoms with van der Waals surface area (Å²) in [6, 6.07) is 9.56. The molecule has 3 aliphatic rings. The SMILES string of the molecule is CC1(C)/C(=C\C=C\c2nc3ccc(S(=O)(=O)N4CCCCC4)cc3s2)N(CCCCCC(=O)ON2C(=O)CCC2=O)c2ccc(S(=O)(=O)O)cc21. The molecule has 1 N–H and O–H groups in total. The molecule has 1 aromatic heterocycles. The van der Waals surface area contributed by atoms with Crippen LogP contribution in [0, 0.1) is 0 Å². The highest BCUT2D eigenvalue weighted by Crippen LogP contribution is 2.48. The van der Waals surface area contributed by atoms with E-state index in [0.717, 1.165) is 40.9 Å². The molecule has 0 unspecified atom stereocenters. The first-order valence-corrected chi connectivity index (χ1v) is 20.6. The minimum absolute atomic E-state index is 0.0311. The van der Waals surface area contributed by atoms with E-state index in [1.807, 2.05) is 32.1 Å². The molecule has 2 aromatic carbocycles. The summed E-state index contributed by atoms with van der Waals surface area (Å²) < 4.78 is 62.5. The molecule has 272 valence electrons. The maximum absolute atomic E-state index is 13.2. The summed E-state index contributed by atoms with van der Waals surface area (Å²) in [6.07, 6.45) is 10.3. The third-order valence-electron chi connectivity index (χ3n) is 9.44. The standard InChI is InChI=1S/C35H40N4O9S3/c1-35(2)26-22-25(51(45,46)47)14-16-28(26)38(21-8-3-5-12-34(42)48-39-32(40)17-18-33(39)41)30(35)10-9-11-31-36-27-15-13-24(23-29(27)49-31)50(43,44)37-19-6-4-7-20-37/h9-11,13-16,22-23H,3-8,12,17-21H2,1-2H3,(H,45,46,47)/b11-9+,30-10+. The van der Waals surface area contributed by atoms with Crippen molar-refractivity contribution in [1.82, 2.24) is 14.4 Å². The number of aromatic nitrogens is 1. The maximum Gasteiger partial charge on any atom is 0.333 e. The Bertz CT molecular complexity index is 2130. The lowest BCUT2D eigenvalue weighted by atomic mass is 9.83. The fourth-order valence-corrected chi connectivity index (χ4v) is 9.75. The highest BCUT2D eigenvalue weighted by Gasteiger charge is 2.40. The number of amides is 2. The Balaban J connectivity index is 1.18. The van der Waals surface area contributed by atoms with Gasteiger partial charge in [-0.05, 0) is 79.8 Å². The lowest BCUT2D eigenvalue weighted by Gasteiger charge is -2.27. The Hall–Kier alpha value is -3.96. The van der Waals surface area contributed by atoms with Crippen molar-refractivity contribution in [3.05, 3.63) is 64.8 Å². The maximum atomic E-state index is 13.2. The van der Waals surface area contributed by atoms with E-state index in [4.69, 9.17) is 4.84 Å². The average molecular weight is 757 g/mol. The molecule has 6 rings (SSSR count). The van der Waals surface area contributed by atoms with Gasteiger partial charge < -0.3 is 9.74 Å². The first-order chi connectivity index (χ1) is 24.2. The van der Waals surface area contributed by atoms with E-state index in [1.54, 1.807) is 28.6 Å². The van der Waals surface area contributed by atoms with Crippen LogP contribution in [0.1, 0.15) is 82.2 Å². The zero-order valence-electron chi connectivity index (χ0n) is 28.4. The first kappa shape index (κ1) is 36.8. The minimum atomic E-state index is -4.43. The molecule has 4 heterocycles. The molecule has 3 aromatic rings. The van der Waals surface area contributed by atoms with Crippen LogP contribution in [0.25, 0.3) is 16.3 Å². The number of allylic oxidation sites excluding steroid dienone is 3. The van der Waals surface area contributed by atoms with E-state index < -0.39 is 43.3 Å². The molecule has 2 saturated heterocycles. The first-order valence-electron chi connectivity index (χ1n) is 16.9. The van der Waals surface area contributed by atoms with Gasteiger partial charge in [-0.2, -0.15) is 12.7 Å². The number of benzene rings is 2. The number of hydrogen-bond donors (Lipinski definition) is 1. The molecule has 0 aliphatic carbocycles. The molecule has 0 saturated carbocycles. The Morgan fingerprint density at radius 2 is 1.67 bits per heavy atom. The van der Waals surface area contributed by atoms with Gasteiger partial charge in [-0.1, -0.05) is 32.8 Å². The fraction of sp³-hybridized carbons (Fsp3) is 0.429. The van der Waals surface area contributed by atoms with E-state index in [1.165, 1.54) is 23.5 Å². The number of carbonyl (C=O) groups excluding carboxylic acids is 3. The number of unbranched alkanes of at least 4 members (excludes halogenated alkanes) is 2. The highest BCUT2D eigenvalue weighted by atomic mass is 32.2. The molecular formula is C35H40N4O9S3. The number of hydroxylamine groups is 2. The van der Waals surface area contributed by atoms with Gasteiger partial charge in [0.15, 0.2) is 0 Å². The summed E-state index contributed by atoms with van der Waals surface area (Å²) in [5, 5.41) is 1.23. The number of sulfonamides is 1. The van der Waals surface area contributed by atoms with Gasteiger partial charge in [0.1, 0.15) is 5.01 Å². The average Bonchev–Trinajstić information content (AvgIpc) is 3.71. The van der Waals surface area contributed by atoms with Crippen molar-refractivity contribution in [2.75, 3.05) is 24.5 Å². The number of imide groups is 1. The highest BCUT2D eigenvalue weighted by molar-refractivity contribution is 7.89. The van der Waals surface area contributed by atoms with Gasteiger partial charge in [0.2, 0.25) is 10.0 Å². The van der Waals surface area contributed by atoms with Crippen LogP contribution in [0.3, 0.4) is 0 Å². The number of rotatable bonds is 12. The lowest BCUT2D eigenvalue weighted by molar-refractivity contribution is -0.197. The molecule has 0 spiro atoms. The van der Waals surface area contributed by atoms with Crippen molar-refractivity contribution in [2.24, 2.45) is 0 Å². The van der Waals surface area contributed by atoms with Gasteiger partial charge in [0, 0.05) is 55.7 Å². The van der Waals surface area contributed by atoms with Crippen LogP contribution in [-0.2, 0) is 44.8 Å². The van der Waals surface area contributed by atoms with Crippen LogP contribution in [0.15, 0.2) is 64.0 Å². The summed E-state index contributed by atoms with van der Waals surface area (Å²) in [7, 11) is -8.01. The van der Waals surface area contributed by atoms with Crippen molar-refractivity contribution >= 4 is 71.2 Å². The second kappa shape index (κ2) is 14.6. The summed E-state index contributed by atoms with van der Waals surface area (Å²) in [6.45, 7) is 5.53. The molecule has 2 amide bonds. The van der Waals surface area contributed by atoms with Crippen LogP contribution >= 0.6 is 11.3 Å². The van der Waals surface area contributed by atoms with E-state index >= 15 is 0 Å². The summed E-state index contributed by atoms with van der Waals surface area (Å²) in [5.74, 6) is -1.69. The Labute approximate surface area is 301 Å². The van der Waals surface area contributed by atoms with Crippen LogP contribution in [0.4, 0.5) is 5.69 Å². The smallest absolute Gasteiger partial charge is 0.333 e. The van der Waals surface area contributed by atoms with E-state index in [-0.39, 0.29) is 29.1 Å². The van der Waals surface area contributed by atoms with Crippen LogP contribution < -0.4 is 4.90 Å². The van der Waals surface area contributed by atoms with E-state index in [9.17, 15) is 35.8 Å². The van der Waals surface area contributed by atoms with Crippen molar-refractivity contribution in [2.45, 2.75) is 86.8 Å².